The molecule has 0 spiro atoms. The maximum Gasteiger partial charge on any atom is 0.573 e. The third-order valence-corrected chi connectivity index (χ3v) is 4.65. The summed E-state index contributed by atoms with van der Waals surface area (Å²) in [5, 5.41) is 0.588. The summed E-state index contributed by atoms with van der Waals surface area (Å²) < 4.78 is 46.2. The van der Waals surface area contributed by atoms with Crippen molar-refractivity contribution in [3.05, 3.63) is 41.2 Å². The van der Waals surface area contributed by atoms with E-state index in [2.05, 4.69) is 19.7 Å². The van der Waals surface area contributed by atoms with E-state index in [-0.39, 0.29) is 5.75 Å². The molecule has 9 heteroatoms. The number of nitrogens with one attached hydrogen (secondary N) is 1. The van der Waals surface area contributed by atoms with E-state index in [1.807, 2.05) is 13.8 Å². The van der Waals surface area contributed by atoms with Gasteiger partial charge in [-0.1, -0.05) is 11.8 Å². The van der Waals surface area contributed by atoms with E-state index < -0.39 is 6.36 Å². The topological polar surface area (TPSA) is 60.0 Å². The number of pyridine rings is 1. The highest BCUT2D eigenvalue weighted by molar-refractivity contribution is 7.98. The Morgan fingerprint density at radius 3 is 2.69 bits per heavy atom. The van der Waals surface area contributed by atoms with Gasteiger partial charge in [-0.25, -0.2) is 4.98 Å². The first-order chi connectivity index (χ1) is 12.3. The summed E-state index contributed by atoms with van der Waals surface area (Å²) in [5.74, 6) is 1.05. The molecule has 0 bridgehead atoms. The highest BCUT2D eigenvalue weighted by atomic mass is 32.2. The zero-order chi connectivity index (χ0) is 18.9. The molecule has 5 nitrogen and oxygen atoms in total. The SMILES string of the molecule is COc1c(C)cnc(CSc2nc3cc(OC(F)(F)F)ccc3[nH]2)c1C. The highest BCUT2D eigenvalue weighted by Crippen LogP contribution is 2.30. The van der Waals surface area contributed by atoms with Crippen molar-refractivity contribution in [2.75, 3.05) is 7.11 Å². The fourth-order valence-corrected chi connectivity index (χ4v) is 3.49. The quantitative estimate of drug-likeness (QED) is 0.643. The lowest BCUT2D eigenvalue weighted by atomic mass is 10.1. The van der Waals surface area contributed by atoms with Gasteiger partial charge in [-0.3, -0.25) is 4.98 Å². The molecule has 3 rings (SSSR count). The molecule has 0 aliphatic carbocycles. The van der Waals surface area contributed by atoms with Crippen LogP contribution in [0.1, 0.15) is 16.8 Å². The lowest BCUT2D eigenvalue weighted by Crippen LogP contribution is -2.16. The smallest absolute Gasteiger partial charge is 0.496 e. The molecule has 3 aromatic rings. The van der Waals surface area contributed by atoms with Crippen molar-refractivity contribution < 1.29 is 22.6 Å². The van der Waals surface area contributed by atoms with Crippen LogP contribution in [-0.2, 0) is 5.75 Å². The molecule has 0 saturated heterocycles. The maximum absolute atomic E-state index is 12.3. The molecule has 0 saturated carbocycles. The number of H-pyrrole nitrogens is 1. The van der Waals surface area contributed by atoms with Crippen LogP contribution in [0.3, 0.4) is 0 Å². The summed E-state index contributed by atoms with van der Waals surface area (Å²) >= 11 is 1.41. The Kier molecular flexibility index (Phi) is 4.99. The number of methoxy groups -OCH3 is 1. The normalized spacial score (nSPS) is 11.8. The van der Waals surface area contributed by atoms with Crippen molar-refractivity contribution in [1.82, 2.24) is 15.0 Å². The van der Waals surface area contributed by atoms with Crippen molar-refractivity contribution in [3.63, 3.8) is 0 Å². The predicted octanol–water partition coefficient (Wildman–Crippen LogP) is 4.77. The fourth-order valence-electron chi connectivity index (χ4n) is 2.58. The number of nitrogens with zero attached hydrogens (tertiary/aromatic N) is 2. The van der Waals surface area contributed by atoms with Gasteiger partial charge in [0.2, 0.25) is 0 Å². The zero-order valence-electron chi connectivity index (χ0n) is 14.3. The molecule has 0 unspecified atom stereocenters. The zero-order valence-corrected chi connectivity index (χ0v) is 15.1. The lowest BCUT2D eigenvalue weighted by molar-refractivity contribution is -0.274. The van der Waals surface area contributed by atoms with Gasteiger partial charge in [0, 0.05) is 29.1 Å². The van der Waals surface area contributed by atoms with Gasteiger partial charge in [0.05, 0.1) is 23.8 Å². The Bertz CT molecular complexity index is 941. The standard InChI is InChI=1S/C17H16F3N3O2S/c1-9-7-21-14(10(2)15(9)24-3)8-26-16-22-12-5-4-11(6-13(12)23-16)25-17(18,19)20/h4-7H,8H2,1-3H3,(H,22,23). The number of hydrogen-bond acceptors (Lipinski definition) is 5. The van der Waals surface area contributed by atoms with Crippen LogP contribution in [0.15, 0.2) is 29.6 Å². The number of thioether (sulfide) groups is 1. The predicted molar refractivity (Wildman–Crippen MR) is 92.6 cm³/mol. The number of benzene rings is 1. The van der Waals surface area contributed by atoms with Crippen molar-refractivity contribution >= 4 is 22.8 Å². The van der Waals surface area contributed by atoms with Gasteiger partial charge in [0.25, 0.3) is 0 Å². The first-order valence-electron chi connectivity index (χ1n) is 7.64. The molecule has 0 fully saturated rings. The maximum atomic E-state index is 12.3. The number of aromatic amines is 1. The molecule has 0 aliphatic heterocycles. The van der Waals surface area contributed by atoms with Crippen molar-refractivity contribution in [1.29, 1.82) is 0 Å². The second kappa shape index (κ2) is 7.06. The lowest BCUT2D eigenvalue weighted by Gasteiger charge is -2.11. The molecule has 0 aliphatic rings. The fraction of sp³-hybridized carbons (Fsp3) is 0.294. The summed E-state index contributed by atoms with van der Waals surface area (Å²) in [6, 6.07) is 4.01. The third kappa shape index (κ3) is 4.04. The third-order valence-electron chi connectivity index (χ3n) is 3.76. The molecule has 2 heterocycles. The Hall–Kier alpha value is -2.42. The Labute approximate surface area is 151 Å². The van der Waals surface area contributed by atoms with E-state index in [0.29, 0.717) is 21.9 Å². The summed E-state index contributed by atoms with van der Waals surface area (Å²) in [4.78, 5) is 11.8. The van der Waals surface area contributed by atoms with E-state index in [0.717, 1.165) is 22.6 Å². The average Bonchev–Trinajstić information content (AvgIpc) is 2.95. The van der Waals surface area contributed by atoms with Crippen LogP contribution in [0.5, 0.6) is 11.5 Å². The minimum atomic E-state index is -4.73. The van der Waals surface area contributed by atoms with E-state index in [1.54, 1.807) is 13.3 Å². The number of alkyl halides is 3. The van der Waals surface area contributed by atoms with Crippen molar-refractivity contribution in [3.8, 4) is 11.5 Å². The number of aryl methyl sites for hydroxylation is 1. The molecule has 0 atom stereocenters. The van der Waals surface area contributed by atoms with Gasteiger partial charge < -0.3 is 14.5 Å². The molecule has 26 heavy (non-hydrogen) atoms. The van der Waals surface area contributed by atoms with Crippen molar-refractivity contribution in [2.45, 2.75) is 31.1 Å². The molecule has 0 amide bonds. The monoisotopic (exact) mass is 383 g/mol. The first-order valence-corrected chi connectivity index (χ1v) is 8.63. The van der Waals surface area contributed by atoms with E-state index in [9.17, 15) is 13.2 Å². The number of imidazole rings is 1. The van der Waals surface area contributed by atoms with Crippen LogP contribution < -0.4 is 9.47 Å². The number of rotatable bonds is 5. The minimum Gasteiger partial charge on any atom is -0.496 e. The Balaban J connectivity index is 1.78. The molecule has 1 aromatic carbocycles. The average molecular weight is 383 g/mol. The molecule has 2 aromatic heterocycles. The van der Waals surface area contributed by atoms with Crippen LogP contribution in [0.25, 0.3) is 11.0 Å². The molecular formula is C17H16F3N3O2S. The van der Waals surface area contributed by atoms with Gasteiger partial charge in [-0.15, -0.1) is 13.2 Å². The second-order valence-corrected chi connectivity index (χ2v) is 6.57. The van der Waals surface area contributed by atoms with Crippen LogP contribution in [-0.4, -0.2) is 28.4 Å². The van der Waals surface area contributed by atoms with Gasteiger partial charge in [0.1, 0.15) is 11.5 Å². The molecular weight excluding hydrogens is 367 g/mol. The molecule has 0 radical (unpaired) electrons. The first kappa shape index (κ1) is 18.4. The summed E-state index contributed by atoms with van der Waals surface area (Å²) in [7, 11) is 1.62. The number of ether oxygens (including phenoxy) is 2. The molecule has 1 N–H and O–H groups in total. The summed E-state index contributed by atoms with van der Waals surface area (Å²) in [5.41, 5.74) is 3.81. The number of fused-ring (bicyclic) bond motifs is 1. The highest BCUT2D eigenvalue weighted by Gasteiger charge is 2.31. The van der Waals surface area contributed by atoms with Crippen LogP contribution >= 0.6 is 11.8 Å². The minimum absolute atomic E-state index is 0.297. The summed E-state index contributed by atoms with van der Waals surface area (Å²) in [6.45, 7) is 3.86. The molecule has 138 valence electrons. The van der Waals surface area contributed by atoms with Gasteiger partial charge in [-0.05, 0) is 26.0 Å². The van der Waals surface area contributed by atoms with Crippen LogP contribution in [0, 0.1) is 13.8 Å². The largest absolute Gasteiger partial charge is 0.573 e. The van der Waals surface area contributed by atoms with Gasteiger partial charge in [-0.2, -0.15) is 0 Å². The summed E-state index contributed by atoms with van der Waals surface area (Å²) in [6.07, 6.45) is -2.98. The number of aromatic nitrogens is 3. The van der Waals surface area contributed by atoms with Gasteiger partial charge >= 0.3 is 6.36 Å². The Morgan fingerprint density at radius 2 is 2.00 bits per heavy atom. The van der Waals surface area contributed by atoms with Crippen LogP contribution in [0.4, 0.5) is 13.2 Å². The Morgan fingerprint density at radius 1 is 1.23 bits per heavy atom. The number of halogens is 3. The second-order valence-electron chi connectivity index (χ2n) is 5.60. The van der Waals surface area contributed by atoms with E-state index in [1.165, 1.54) is 30.0 Å². The number of hydrogen-bond donors (Lipinski definition) is 1. The van der Waals surface area contributed by atoms with Crippen molar-refractivity contribution in [2.24, 2.45) is 0 Å². The van der Waals surface area contributed by atoms with Crippen LogP contribution in [0.2, 0.25) is 0 Å². The van der Waals surface area contributed by atoms with E-state index >= 15 is 0 Å². The van der Waals surface area contributed by atoms with E-state index in [4.69, 9.17) is 4.74 Å². The van der Waals surface area contributed by atoms with Gasteiger partial charge in [0.15, 0.2) is 5.16 Å².